The molecule has 2 nitrogen and oxygen atoms in total. The van der Waals surface area contributed by atoms with Crippen LogP contribution in [0.25, 0.3) is 0 Å². The van der Waals surface area contributed by atoms with Gasteiger partial charge in [0.15, 0.2) is 0 Å². The van der Waals surface area contributed by atoms with Crippen LogP contribution >= 0.6 is 11.8 Å². The number of rotatable bonds is 5. The summed E-state index contributed by atoms with van der Waals surface area (Å²) < 4.78 is 12.7. The first kappa shape index (κ1) is 14.4. The Balaban J connectivity index is 1.65. The van der Waals surface area contributed by atoms with Gasteiger partial charge in [0.25, 0.3) is 0 Å². The second kappa shape index (κ2) is 7.53. The van der Waals surface area contributed by atoms with Crippen LogP contribution in [0.5, 0.6) is 0 Å². The van der Waals surface area contributed by atoms with E-state index in [9.17, 15) is 9.18 Å². The molecule has 1 saturated carbocycles. The van der Waals surface area contributed by atoms with E-state index in [2.05, 4.69) is 5.32 Å². The lowest BCUT2D eigenvalue weighted by molar-refractivity contribution is -0.118. The lowest BCUT2D eigenvalue weighted by atomic mass is 10.0. The molecular formula is C15H20FNOS. The third kappa shape index (κ3) is 5.23. The fraction of sp³-hybridized carbons (Fsp3) is 0.533. The molecule has 0 spiro atoms. The van der Waals surface area contributed by atoms with Crippen molar-refractivity contribution in [1.29, 1.82) is 0 Å². The highest BCUT2D eigenvalue weighted by Gasteiger charge is 2.15. The van der Waals surface area contributed by atoms with Gasteiger partial charge in [-0.3, -0.25) is 4.79 Å². The van der Waals surface area contributed by atoms with Crippen LogP contribution in [-0.2, 0) is 11.3 Å². The normalized spacial score (nSPS) is 16.3. The number of benzene rings is 1. The number of carbonyl (C=O) groups excluding carboxylic acids is 1. The summed E-state index contributed by atoms with van der Waals surface area (Å²) in [6, 6.07) is 6.23. The lowest BCUT2D eigenvalue weighted by Gasteiger charge is -2.20. The number of halogens is 1. The summed E-state index contributed by atoms with van der Waals surface area (Å²) in [4.78, 5) is 11.7. The standard InChI is InChI=1S/C15H20FNOS/c16-13-8-6-12(7-9-13)10-17-15(18)11-19-14-4-2-1-3-5-14/h6-9,14H,1-5,10-11H2,(H,17,18). The second-order valence-corrected chi connectivity index (χ2v) is 6.26. The smallest absolute Gasteiger partial charge is 0.230 e. The number of thioether (sulfide) groups is 1. The van der Waals surface area contributed by atoms with Crippen molar-refractivity contribution in [2.24, 2.45) is 0 Å². The Morgan fingerprint density at radius 1 is 1.21 bits per heavy atom. The summed E-state index contributed by atoms with van der Waals surface area (Å²) in [7, 11) is 0. The molecule has 0 unspecified atom stereocenters. The summed E-state index contributed by atoms with van der Waals surface area (Å²) in [5.74, 6) is 0.356. The van der Waals surface area contributed by atoms with Gasteiger partial charge in [-0.25, -0.2) is 4.39 Å². The van der Waals surface area contributed by atoms with Crippen molar-refractivity contribution in [3.8, 4) is 0 Å². The molecule has 0 radical (unpaired) electrons. The van der Waals surface area contributed by atoms with Crippen LogP contribution in [-0.4, -0.2) is 16.9 Å². The van der Waals surface area contributed by atoms with Crippen LogP contribution in [0.1, 0.15) is 37.7 Å². The Labute approximate surface area is 118 Å². The van der Waals surface area contributed by atoms with Gasteiger partial charge in [0, 0.05) is 11.8 Å². The van der Waals surface area contributed by atoms with Gasteiger partial charge in [0.2, 0.25) is 5.91 Å². The molecule has 1 N–H and O–H groups in total. The second-order valence-electron chi connectivity index (χ2n) is 4.97. The van der Waals surface area contributed by atoms with Gasteiger partial charge < -0.3 is 5.32 Å². The molecule has 2 rings (SSSR count). The van der Waals surface area contributed by atoms with Gasteiger partial charge in [0.1, 0.15) is 5.82 Å². The molecule has 19 heavy (non-hydrogen) atoms. The molecule has 104 valence electrons. The molecule has 1 fully saturated rings. The Morgan fingerprint density at radius 3 is 2.58 bits per heavy atom. The lowest BCUT2D eigenvalue weighted by Crippen LogP contribution is -2.25. The maximum Gasteiger partial charge on any atom is 0.230 e. The summed E-state index contributed by atoms with van der Waals surface area (Å²) in [6.07, 6.45) is 6.43. The quantitative estimate of drug-likeness (QED) is 0.895. The van der Waals surface area contributed by atoms with E-state index < -0.39 is 0 Å². The van der Waals surface area contributed by atoms with Gasteiger partial charge >= 0.3 is 0 Å². The summed E-state index contributed by atoms with van der Waals surface area (Å²) in [5.41, 5.74) is 0.928. The fourth-order valence-corrected chi connectivity index (χ4v) is 3.44. The maximum absolute atomic E-state index is 12.7. The van der Waals surface area contributed by atoms with Crippen molar-refractivity contribution >= 4 is 17.7 Å². The van der Waals surface area contributed by atoms with Crippen LogP contribution in [0.2, 0.25) is 0 Å². The highest BCUT2D eigenvalue weighted by atomic mass is 32.2. The van der Waals surface area contributed by atoms with E-state index in [0.717, 1.165) is 5.56 Å². The molecule has 0 bridgehead atoms. The molecule has 0 atom stereocenters. The summed E-state index contributed by atoms with van der Waals surface area (Å²) in [6.45, 7) is 0.477. The van der Waals surface area contributed by atoms with E-state index in [0.29, 0.717) is 17.5 Å². The Bertz CT molecular complexity index is 401. The predicted molar refractivity (Wildman–Crippen MR) is 77.6 cm³/mol. The van der Waals surface area contributed by atoms with E-state index >= 15 is 0 Å². The zero-order valence-corrected chi connectivity index (χ0v) is 11.8. The molecule has 1 aromatic rings. The first-order chi connectivity index (χ1) is 9.24. The van der Waals surface area contributed by atoms with Crippen molar-refractivity contribution in [3.63, 3.8) is 0 Å². The SMILES string of the molecule is O=C(CSC1CCCCC1)NCc1ccc(F)cc1. The van der Waals surface area contributed by atoms with Gasteiger partial charge in [-0.2, -0.15) is 0 Å². The molecule has 1 aromatic carbocycles. The van der Waals surface area contributed by atoms with Crippen LogP contribution < -0.4 is 5.32 Å². The number of amides is 1. The van der Waals surface area contributed by atoms with Crippen molar-refractivity contribution in [2.45, 2.75) is 43.9 Å². The minimum Gasteiger partial charge on any atom is -0.351 e. The van der Waals surface area contributed by atoms with Gasteiger partial charge in [-0.1, -0.05) is 31.4 Å². The van der Waals surface area contributed by atoms with Crippen molar-refractivity contribution in [1.82, 2.24) is 5.32 Å². The van der Waals surface area contributed by atoms with Crippen LogP contribution in [0, 0.1) is 5.82 Å². The molecule has 0 saturated heterocycles. The third-order valence-electron chi connectivity index (χ3n) is 3.41. The minimum atomic E-state index is -0.247. The molecule has 1 aliphatic carbocycles. The minimum absolute atomic E-state index is 0.0694. The maximum atomic E-state index is 12.7. The van der Waals surface area contributed by atoms with Crippen molar-refractivity contribution in [2.75, 3.05) is 5.75 Å². The van der Waals surface area contributed by atoms with Crippen LogP contribution in [0.15, 0.2) is 24.3 Å². The zero-order chi connectivity index (χ0) is 13.5. The first-order valence-electron chi connectivity index (χ1n) is 6.87. The van der Waals surface area contributed by atoms with Crippen molar-refractivity contribution in [3.05, 3.63) is 35.6 Å². The highest BCUT2D eigenvalue weighted by molar-refractivity contribution is 8.00. The zero-order valence-electron chi connectivity index (χ0n) is 11.0. The van der Waals surface area contributed by atoms with Crippen molar-refractivity contribution < 1.29 is 9.18 Å². The summed E-state index contributed by atoms with van der Waals surface area (Å²) >= 11 is 1.77. The highest BCUT2D eigenvalue weighted by Crippen LogP contribution is 2.27. The molecule has 0 aromatic heterocycles. The molecule has 0 aliphatic heterocycles. The Hall–Kier alpha value is -1.03. The van der Waals surface area contributed by atoms with Gasteiger partial charge in [-0.05, 0) is 30.5 Å². The van der Waals surface area contributed by atoms with E-state index in [4.69, 9.17) is 0 Å². The molecule has 0 heterocycles. The largest absolute Gasteiger partial charge is 0.351 e. The Kier molecular flexibility index (Phi) is 5.70. The average molecular weight is 281 g/mol. The van der Waals surface area contributed by atoms with E-state index in [1.54, 1.807) is 23.9 Å². The van der Waals surface area contributed by atoms with Crippen LogP contribution in [0.4, 0.5) is 4.39 Å². The van der Waals surface area contributed by atoms with Gasteiger partial charge in [-0.15, -0.1) is 11.8 Å². The summed E-state index contributed by atoms with van der Waals surface area (Å²) in [5, 5.41) is 3.53. The Morgan fingerprint density at radius 2 is 1.89 bits per heavy atom. The number of hydrogen-bond acceptors (Lipinski definition) is 2. The van der Waals surface area contributed by atoms with E-state index in [1.807, 2.05) is 0 Å². The topological polar surface area (TPSA) is 29.1 Å². The molecular weight excluding hydrogens is 261 g/mol. The molecule has 1 aliphatic rings. The number of carbonyl (C=O) groups is 1. The average Bonchev–Trinajstić information content (AvgIpc) is 2.45. The number of nitrogens with one attached hydrogen (secondary N) is 1. The number of hydrogen-bond donors (Lipinski definition) is 1. The monoisotopic (exact) mass is 281 g/mol. The van der Waals surface area contributed by atoms with Crippen LogP contribution in [0.3, 0.4) is 0 Å². The third-order valence-corrected chi connectivity index (χ3v) is 4.78. The van der Waals surface area contributed by atoms with E-state index in [1.165, 1.54) is 44.2 Å². The first-order valence-corrected chi connectivity index (χ1v) is 7.91. The van der Waals surface area contributed by atoms with Gasteiger partial charge in [0.05, 0.1) is 5.75 Å². The predicted octanol–water partition coefficient (Wildman–Crippen LogP) is 3.51. The fourth-order valence-electron chi connectivity index (χ4n) is 2.28. The molecule has 4 heteroatoms. The van der Waals surface area contributed by atoms with E-state index in [-0.39, 0.29) is 11.7 Å². The molecule has 1 amide bonds.